The number of hydrogen-bond donors (Lipinski definition) is 1. The maximum absolute atomic E-state index is 13.0. The van der Waals surface area contributed by atoms with Crippen LogP contribution in [0.4, 0.5) is 4.39 Å². The van der Waals surface area contributed by atoms with Crippen LogP contribution >= 0.6 is 15.9 Å². The van der Waals surface area contributed by atoms with Crippen LogP contribution in [0.2, 0.25) is 0 Å². The molecule has 0 bridgehead atoms. The number of hydrogen-bond acceptors (Lipinski definition) is 2. The van der Waals surface area contributed by atoms with Crippen LogP contribution < -0.4 is 0 Å². The Morgan fingerprint density at radius 2 is 2.25 bits per heavy atom. The summed E-state index contributed by atoms with van der Waals surface area (Å²) in [4.78, 5) is 11.6. The molecule has 2 nitrogen and oxygen atoms in total. The van der Waals surface area contributed by atoms with Crippen LogP contribution in [-0.2, 0) is 11.2 Å². The molecule has 4 heteroatoms. The lowest BCUT2D eigenvalue weighted by Crippen LogP contribution is -2.24. The summed E-state index contributed by atoms with van der Waals surface area (Å²) in [6.07, 6.45) is 1.18. The van der Waals surface area contributed by atoms with Crippen molar-refractivity contribution < 1.29 is 14.3 Å². The van der Waals surface area contributed by atoms with Crippen LogP contribution in [0.5, 0.6) is 0 Å². The molecule has 0 heterocycles. The lowest BCUT2D eigenvalue weighted by atomic mass is 10.0. The molecular formula is C12H12BrFO2. The normalized spacial score (nSPS) is 17.2. The average Bonchev–Trinajstić information content (AvgIpc) is 3.06. The zero-order valence-electron chi connectivity index (χ0n) is 8.62. The zero-order valence-corrected chi connectivity index (χ0v) is 10.2. The molecule has 1 aliphatic carbocycles. The fourth-order valence-corrected chi connectivity index (χ4v) is 2.06. The van der Waals surface area contributed by atoms with Gasteiger partial charge < -0.3 is 5.11 Å². The smallest absolute Gasteiger partial charge is 0.165 e. The molecule has 0 aromatic heterocycles. The number of aliphatic hydroxyl groups is 1. The lowest BCUT2D eigenvalue weighted by Gasteiger charge is -2.08. The minimum atomic E-state index is -0.844. The minimum Gasteiger partial charge on any atom is -0.385 e. The highest BCUT2D eigenvalue weighted by Gasteiger charge is 2.34. The SMILES string of the molecule is O=C(Cc1ccc(F)c(Br)c1)C(O)C1CC1. The molecule has 86 valence electrons. The third-order valence-electron chi connectivity index (χ3n) is 2.76. The van der Waals surface area contributed by atoms with Gasteiger partial charge in [-0.1, -0.05) is 6.07 Å². The Bertz CT molecular complexity index is 415. The molecule has 1 N–H and O–H groups in total. The Kier molecular flexibility index (Phi) is 3.40. The molecule has 0 amide bonds. The zero-order chi connectivity index (χ0) is 11.7. The summed E-state index contributed by atoms with van der Waals surface area (Å²) in [7, 11) is 0. The first-order valence-electron chi connectivity index (χ1n) is 5.22. The van der Waals surface area contributed by atoms with E-state index in [1.165, 1.54) is 6.07 Å². The first kappa shape index (κ1) is 11.7. The molecule has 1 unspecified atom stereocenters. The Balaban J connectivity index is 2.02. The molecule has 1 saturated carbocycles. The fraction of sp³-hybridized carbons (Fsp3) is 0.417. The highest BCUT2D eigenvalue weighted by molar-refractivity contribution is 9.10. The van der Waals surface area contributed by atoms with Gasteiger partial charge in [0.1, 0.15) is 11.9 Å². The lowest BCUT2D eigenvalue weighted by molar-refractivity contribution is -0.127. The Labute approximate surface area is 102 Å². The summed E-state index contributed by atoms with van der Waals surface area (Å²) >= 11 is 3.07. The molecule has 1 aromatic rings. The topological polar surface area (TPSA) is 37.3 Å². The molecule has 1 atom stereocenters. The monoisotopic (exact) mass is 286 g/mol. The van der Waals surface area contributed by atoms with Gasteiger partial charge in [-0.2, -0.15) is 0 Å². The van der Waals surface area contributed by atoms with E-state index in [4.69, 9.17) is 0 Å². The van der Waals surface area contributed by atoms with Crippen LogP contribution in [-0.4, -0.2) is 17.0 Å². The maximum Gasteiger partial charge on any atom is 0.165 e. The first-order chi connectivity index (χ1) is 7.58. The van der Waals surface area contributed by atoms with E-state index >= 15 is 0 Å². The highest BCUT2D eigenvalue weighted by atomic mass is 79.9. The van der Waals surface area contributed by atoms with Gasteiger partial charge in [0.25, 0.3) is 0 Å². The predicted molar refractivity (Wildman–Crippen MR) is 61.5 cm³/mol. The molecule has 1 fully saturated rings. The molecule has 0 radical (unpaired) electrons. The molecule has 16 heavy (non-hydrogen) atoms. The van der Waals surface area contributed by atoms with Gasteiger partial charge in [0.2, 0.25) is 0 Å². The number of benzene rings is 1. The second-order valence-electron chi connectivity index (χ2n) is 4.17. The summed E-state index contributed by atoms with van der Waals surface area (Å²) in [5.41, 5.74) is 0.720. The predicted octanol–water partition coefficient (Wildman–Crippen LogP) is 2.47. The van der Waals surface area contributed by atoms with Crippen LogP contribution in [0.1, 0.15) is 18.4 Å². The van der Waals surface area contributed by atoms with Gasteiger partial charge in [-0.15, -0.1) is 0 Å². The number of halogens is 2. The number of rotatable bonds is 4. The van der Waals surface area contributed by atoms with Gasteiger partial charge in [0.05, 0.1) is 4.47 Å². The van der Waals surface area contributed by atoms with E-state index in [1.807, 2.05) is 0 Å². The summed E-state index contributed by atoms with van der Waals surface area (Å²) in [6.45, 7) is 0. The Morgan fingerprint density at radius 3 is 2.81 bits per heavy atom. The van der Waals surface area contributed by atoms with Crippen molar-refractivity contribution in [2.75, 3.05) is 0 Å². The molecule has 0 aliphatic heterocycles. The Morgan fingerprint density at radius 1 is 1.56 bits per heavy atom. The average molecular weight is 287 g/mol. The van der Waals surface area contributed by atoms with Gasteiger partial charge in [0, 0.05) is 6.42 Å². The van der Waals surface area contributed by atoms with E-state index < -0.39 is 6.10 Å². The van der Waals surface area contributed by atoms with Gasteiger partial charge in [0.15, 0.2) is 5.78 Å². The largest absolute Gasteiger partial charge is 0.385 e. The Hall–Kier alpha value is -0.740. The van der Waals surface area contributed by atoms with Gasteiger partial charge in [-0.3, -0.25) is 4.79 Å². The molecular weight excluding hydrogens is 275 g/mol. The highest BCUT2D eigenvalue weighted by Crippen LogP contribution is 2.33. The summed E-state index contributed by atoms with van der Waals surface area (Å²) in [5, 5.41) is 9.61. The van der Waals surface area contributed by atoms with Crippen molar-refractivity contribution in [3.63, 3.8) is 0 Å². The number of aliphatic hydroxyl groups excluding tert-OH is 1. The third-order valence-corrected chi connectivity index (χ3v) is 3.37. The summed E-state index contributed by atoms with van der Waals surface area (Å²) < 4.78 is 13.3. The van der Waals surface area contributed by atoms with E-state index in [2.05, 4.69) is 15.9 Å². The van der Waals surface area contributed by atoms with Crippen molar-refractivity contribution in [2.24, 2.45) is 5.92 Å². The van der Waals surface area contributed by atoms with Crippen LogP contribution in [0, 0.1) is 11.7 Å². The van der Waals surface area contributed by atoms with Crippen molar-refractivity contribution in [2.45, 2.75) is 25.4 Å². The first-order valence-corrected chi connectivity index (χ1v) is 6.02. The third kappa shape index (κ3) is 2.68. The van der Waals surface area contributed by atoms with Crippen molar-refractivity contribution in [1.82, 2.24) is 0 Å². The standard InChI is InChI=1S/C12H12BrFO2/c13-9-5-7(1-4-10(9)14)6-11(15)12(16)8-2-3-8/h1,4-5,8,12,16H,2-3,6H2. The van der Waals surface area contributed by atoms with Gasteiger partial charge in [-0.25, -0.2) is 4.39 Å². The summed E-state index contributed by atoms with van der Waals surface area (Å²) in [5.74, 6) is -0.378. The second kappa shape index (κ2) is 4.63. The van der Waals surface area contributed by atoms with E-state index in [0.717, 1.165) is 18.4 Å². The van der Waals surface area contributed by atoms with E-state index in [0.29, 0.717) is 4.47 Å². The number of ketones is 1. The molecule has 0 saturated heterocycles. The number of carbonyl (C=O) groups excluding carboxylic acids is 1. The van der Waals surface area contributed by atoms with Crippen LogP contribution in [0.25, 0.3) is 0 Å². The van der Waals surface area contributed by atoms with E-state index in [-0.39, 0.29) is 23.9 Å². The minimum absolute atomic E-state index is 0.149. The number of carbonyl (C=O) groups is 1. The second-order valence-corrected chi connectivity index (χ2v) is 5.03. The van der Waals surface area contributed by atoms with Crippen LogP contribution in [0.3, 0.4) is 0 Å². The van der Waals surface area contributed by atoms with Crippen LogP contribution in [0.15, 0.2) is 22.7 Å². The van der Waals surface area contributed by atoms with Gasteiger partial charge in [-0.05, 0) is 52.4 Å². The quantitative estimate of drug-likeness (QED) is 0.923. The maximum atomic E-state index is 13.0. The van der Waals surface area contributed by atoms with E-state index in [1.54, 1.807) is 12.1 Å². The van der Waals surface area contributed by atoms with Crippen molar-refractivity contribution in [3.05, 3.63) is 34.1 Å². The van der Waals surface area contributed by atoms with Crippen molar-refractivity contribution in [3.8, 4) is 0 Å². The summed E-state index contributed by atoms with van der Waals surface area (Å²) in [6, 6.07) is 4.46. The fourth-order valence-electron chi connectivity index (χ4n) is 1.63. The molecule has 2 rings (SSSR count). The van der Waals surface area contributed by atoms with E-state index in [9.17, 15) is 14.3 Å². The number of Topliss-reactive ketones (excluding diaryl/α,β-unsaturated/α-hetero) is 1. The van der Waals surface area contributed by atoms with Gasteiger partial charge >= 0.3 is 0 Å². The van der Waals surface area contributed by atoms with Crippen molar-refractivity contribution >= 4 is 21.7 Å². The molecule has 1 aromatic carbocycles. The molecule has 0 spiro atoms. The van der Waals surface area contributed by atoms with Crippen molar-refractivity contribution in [1.29, 1.82) is 0 Å². The molecule has 1 aliphatic rings.